The smallest absolute Gasteiger partial charge is 0.131 e. The molecule has 0 atom stereocenters. The van der Waals surface area contributed by atoms with Crippen LogP contribution in [0, 0.1) is 5.82 Å². The van der Waals surface area contributed by atoms with Crippen LogP contribution in [0.3, 0.4) is 0 Å². The number of benzene rings is 9. The second-order valence-corrected chi connectivity index (χ2v) is 12.3. The molecule has 0 radical (unpaired) electrons. The summed E-state index contributed by atoms with van der Waals surface area (Å²) in [6.45, 7) is 0. The van der Waals surface area contributed by atoms with Crippen LogP contribution in [0.5, 0.6) is 5.75 Å². The molecule has 9 aromatic carbocycles. The molecule has 1 aliphatic rings. The summed E-state index contributed by atoms with van der Waals surface area (Å²) in [7, 11) is 1.74. The second-order valence-electron chi connectivity index (χ2n) is 12.3. The fraction of sp³-hybridized carbons (Fsp3) is 0.122. The predicted molar refractivity (Wildman–Crippen MR) is 180 cm³/mol. The molecule has 0 aromatic heterocycles. The van der Waals surface area contributed by atoms with E-state index in [1.54, 1.807) is 13.2 Å². The molecular formula is C41H27FO. The van der Waals surface area contributed by atoms with Crippen LogP contribution in [0.4, 0.5) is 4.39 Å². The van der Waals surface area contributed by atoms with E-state index in [-0.39, 0.29) is 5.82 Å². The largest absolute Gasteiger partial charge is 0.497 e. The van der Waals surface area contributed by atoms with Gasteiger partial charge in [0.2, 0.25) is 0 Å². The van der Waals surface area contributed by atoms with Crippen LogP contribution in [-0.2, 0) is 12.8 Å². The van der Waals surface area contributed by atoms with Crippen LogP contribution in [0.2, 0.25) is 0 Å². The van der Waals surface area contributed by atoms with E-state index in [1.807, 2.05) is 30.3 Å². The minimum Gasteiger partial charge on any atom is -0.497 e. The fourth-order valence-corrected chi connectivity index (χ4v) is 8.47. The number of halogens is 1. The van der Waals surface area contributed by atoms with E-state index in [1.165, 1.54) is 88.6 Å². The average Bonchev–Trinajstić information content (AvgIpc) is 3.06. The zero-order chi connectivity index (χ0) is 28.4. The Kier molecular flexibility index (Phi) is 4.57. The number of hydrogen-bond acceptors (Lipinski definition) is 1. The maximum absolute atomic E-state index is 16.0. The molecule has 0 spiro atoms. The van der Waals surface area contributed by atoms with Gasteiger partial charge in [-0.05, 0) is 142 Å². The number of hydrogen-bond donors (Lipinski definition) is 0. The van der Waals surface area contributed by atoms with Crippen molar-refractivity contribution < 1.29 is 9.13 Å². The lowest BCUT2D eigenvalue weighted by Gasteiger charge is -2.26. The first-order valence-electron chi connectivity index (χ1n) is 15.3. The third-order valence-electron chi connectivity index (χ3n) is 10.3. The quantitative estimate of drug-likeness (QED) is 0.153. The molecule has 0 heterocycles. The van der Waals surface area contributed by atoms with Gasteiger partial charge >= 0.3 is 0 Å². The maximum Gasteiger partial charge on any atom is 0.131 e. The highest BCUT2D eigenvalue weighted by molar-refractivity contribution is 6.47. The third-order valence-corrected chi connectivity index (χ3v) is 10.3. The van der Waals surface area contributed by atoms with E-state index < -0.39 is 0 Å². The Morgan fingerprint density at radius 2 is 1.19 bits per heavy atom. The van der Waals surface area contributed by atoms with Gasteiger partial charge in [-0.15, -0.1) is 0 Å². The van der Waals surface area contributed by atoms with Crippen LogP contribution in [-0.4, -0.2) is 7.11 Å². The Balaban J connectivity index is 1.53. The summed E-state index contributed by atoms with van der Waals surface area (Å²) in [6, 6.07) is 34.1. The minimum atomic E-state index is -0.167. The van der Waals surface area contributed by atoms with Crippen molar-refractivity contribution in [3.63, 3.8) is 0 Å². The molecule has 0 bridgehead atoms. The second kappa shape index (κ2) is 8.33. The van der Waals surface area contributed by atoms with E-state index in [9.17, 15) is 0 Å². The molecule has 0 saturated heterocycles. The number of fused-ring (bicyclic) bond motifs is 9. The lowest BCUT2D eigenvalue weighted by molar-refractivity contribution is 0.415. The summed E-state index contributed by atoms with van der Waals surface area (Å²) in [4.78, 5) is 0. The molecule has 10 rings (SSSR count). The topological polar surface area (TPSA) is 9.23 Å². The Bertz CT molecular complexity index is 2600. The van der Waals surface area contributed by atoms with Crippen LogP contribution < -0.4 is 4.74 Å². The summed E-state index contributed by atoms with van der Waals surface area (Å²) in [5.41, 5.74) is 4.47. The van der Waals surface area contributed by atoms with Gasteiger partial charge in [0.05, 0.1) is 7.11 Å². The highest BCUT2D eigenvalue weighted by Gasteiger charge is 2.26. The van der Waals surface area contributed by atoms with Crippen LogP contribution in [0.1, 0.15) is 24.0 Å². The van der Waals surface area contributed by atoms with Gasteiger partial charge in [0.25, 0.3) is 0 Å². The molecular weight excluding hydrogens is 527 g/mol. The van der Waals surface area contributed by atoms with Crippen molar-refractivity contribution >= 4 is 75.4 Å². The highest BCUT2D eigenvalue weighted by atomic mass is 19.1. The predicted octanol–water partition coefficient (Wildman–Crippen LogP) is 11.3. The van der Waals surface area contributed by atoms with E-state index in [4.69, 9.17) is 4.74 Å². The summed E-state index contributed by atoms with van der Waals surface area (Å²) < 4.78 is 21.7. The summed E-state index contributed by atoms with van der Waals surface area (Å²) in [5.74, 6) is 0.706. The highest BCUT2D eigenvalue weighted by Crippen LogP contribution is 2.52. The minimum absolute atomic E-state index is 0.167. The van der Waals surface area contributed by atoms with E-state index >= 15 is 4.39 Å². The van der Waals surface area contributed by atoms with Gasteiger partial charge in [0.15, 0.2) is 0 Å². The Morgan fingerprint density at radius 3 is 2.05 bits per heavy atom. The molecule has 1 nitrogen and oxygen atoms in total. The molecule has 43 heavy (non-hydrogen) atoms. The molecule has 0 aliphatic heterocycles. The molecule has 1 aliphatic carbocycles. The number of ether oxygens (including phenoxy) is 1. The molecule has 204 valence electrons. The van der Waals surface area contributed by atoms with Crippen LogP contribution in [0.25, 0.3) is 86.5 Å². The van der Waals surface area contributed by atoms with Gasteiger partial charge < -0.3 is 4.74 Å². The molecule has 0 fully saturated rings. The number of aryl methyl sites for hydroxylation is 2. The van der Waals surface area contributed by atoms with Gasteiger partial charge in [-0.1, -0.05) is 72.8 Å². The first-order chi connectivity index (χ1) is 21.2. The maximum atomic E-state index is 16.0. The van der Waals surface area contributed by atoms with Gasteiger partial charge in [-0.3, -0.25) is 0 Å². The van der Waals surface area contributed by atoms with Crippen molar-refractivity contribution in [1.29, 1.82) is 0 Å². The standard InChI is InChI=1S/C41H27FO/c1-43-24-14-15-26-28-16-17-29-33-20-31(22-8-3-2-4-9-22)36(42)21-34(33)35-18-23-10-5-6-11-25(23)37-30-13-7-12-27(32(26)19-24)38(30)39(28)40(29)41(35)37/h2-4,7-9,12-21H,5-6,10-11H2,1H3. The first-order valence-corrected chi connectivity index (χ1v) is 15.3. The Labute approximate surface area is 247 Å². The summed E-state index contributed by atoms with van der Waals surface area (Å²) >= 11 is 0. The van der Waals surface area contributed by atoms with E-state index in [2.05, 4.69) is 60.7 Å². The first kappa shape index (κ1) is 23.6. The fourth-order valence-electron chi connectivity index (χ4n) is 8.47. The molecule has 0 N–H and O–H groups in total. The zero-order valence-electron chi connectivity index (χ0n) is 23.9. The summed E-state index contributed by atoms with van der Waals surface area (Å²) in [6.07, 6.45) is 4.57. The van der Waals surface area contributed by atoms with E-state index in [0.29, 0.717) is 5.56 Å². The number of rotatable bonds is 2. The van der Waals surface area contributed by atoms with Crippen LogP contribution in [0.15, 0.2) is 97.1 Å². The normalized spacial score (nSPS) is 13.9. The lowest BCUT2D eigenvalue weighted by Crippen LogP contribution is -2.05. The molecule has 9 aromatic rings. The van der Waals surface area contributed by atoms with Gasteiger partial charge in [-0.2, -0.15) is 0 Å². The molecule has 0 amide bonds. The van der Waals surface area contributed by atoms with Crippen molar-refractivity contribution in [2.24, 2.45) is 0 Å². The van der Waals surface area contributed by atoms with Gasteiger partial charge in [0.1, 0.15) is 11.6 Å². The van der Waals surface area contributed by atoms with Crippen molar-refractivity contribution in [3.05, 3.63) is 114 Å². The molecule has 2 heteroatoms. The Morgan fingerprint density at radius 1 is 0.512 bits per heavy atom. The van der Waals surface area contributed by atoms with Crippen molar-refractivity contribution in [2.75, 3.05) is 7.11 Å². The van der Waals surface area contributed by atoms with Crippen molar-refractivity contribution in [1.82, 2.24) is 0 Å². The summed E-state index contributed by atoms with van der Waals surface area (Å²) in [5, 5.41) is 17.5. The SMILES string of the molecule is COc1ccc2c(c1)c1cccc3c4c5c(cc6c7cc(F)c(-c8ccccc8)cc7c7ccc2c(c13)c7c64)CCCC5. The van der Waals surface area contributed by atoms with Crippen molar-refractivity contribution in [2.45, 2.75) is 25.7 Å². The van der Waals surface area contributed by atoms with Crippen molar-refractivity contribution in [3.8, 4) is 16.9 Å². The van der Waals surface area contributed by atoms with Gasteiger partial charge in [0, 0.05) is 5.56 Å². The number of methoxy groups -OCH3 is 1. The Hall–Kier alpha value is -4.95. The zero-order valence-corrected chi connectivity index (χ0v) is 23.9. The monoisotopic (exact) mass is 554 g/mol. The molecule has 0 saturated carbocycles. The third kappa shape index (κ3) is 2.96. The average molecular weight is 555 g/mol. The van der Waals surface area contributed by atoms with Gasteiger partial charge in [-0.25, -0.2) is 4.39 Å². The van der Waals surface area contributed by atoms with Crippen LogP contribution >= 0.6 is 0 Å². The lowest BCUT2D eigenvalue weighted by atomic mass is 9.77. The molecule has 0 unspecified atom stereocenters. The van der Waals surface area contributed by atoms with E-state index in [0.717, 1.165) is 34.9 Å².